The van der Waals surface area contributed by atoms with E-state index in [1.54, 1.807) is 0 Å². The summed E-state index contributed by atoms with van der Waals surface area (Å²) in [6, 6.07) is 6.66. The lowest BCUT2D eigenvalue weighted by Crippen LogP contribution is -2.00. The largest absolute Gasteiger partial charge is 0.504 e. The third kappa shape index (κ3) is 3.00. The Hall–Kier alpha value is -2.14. The highest BCUT2D eigenvalue weighted by Gasteiger charge is 2.10. The van der Waals surface area contributed by atoms with Crippen molar-refractivity contribution in [3.05, 3.63) is 46.7 Å². The van der Waals surface area contributed by atoms with Gasteiger partial charge in [-0.15, -0.1) is 0 Å². The number of rotatable bonds is 3. The summed E-state index contributed by atoms with van der Waals surface area (Å²) in [6.07, 6.45) is 0. The van der Waals surface area contributed by atoms with Gasteiger partial charge in [0.15, 0.2) is 11.5 Å². The van der Waals surface area contributed by atoms with E-state index in [-0.39, 0.29) is 11.6 Å². The first-order valence-electron chi connectivity index (χ1n) is 5.40. The number of hydrogen-bond donors (Lipinski definition) is 4. The standard InChI is InChI=1S/C13H11ClFNO3/c14-8-3-9(15)5-10(4-8)16-6-7-1-2-11(17)13(19)12(7)18/h1-5,16-19H,6H2. The van der Waals surface area contributed by atoms with Crippen LogP contribution in [0.3, 0.4) is 0 Å². The fourth-order valence-electron chi connectivity index (χ4n) is 1.61. The molecule has 0 heterocycles. The van der Waals surface area contributed by atoms with Crippen LogP contribution in [0.25, 0.3) is 0 Å². The number of hydrogen-bond acceptors (Lipinski definition) is 4. The summed E-state index contributed by atoms with van der Waals surface area (Å²) >= 11 is 5.71. The van der Waals surface area contributed by atoms with E-state index in [9.17, 15) is 19.7 Å². The molecule has 19 heavy (non-hydrogen) atoms. The smallest absolute Gasteiger partial charge is 0.200 e. The highest BCUT2D eigenvalue weighted by Crippen LogP contribution is 2.37. The molecule has 0 fully saturated rings. The molecule has 0 aromatic heterocycles. The van der Waals surface area contributed by atoms with Gasteiger partial charge in [0.1, 0.15) is 5.82 Å². The monoisotopic (exact) mass is 283 g/mol. The Morgan fingerprint density at radius 1 is 1.05 bits per heavy atom. The van der Waals surface area contributed by atoms with Gasteiger partial charge in [0.05, 0.1) is 0 Å². The molecule has 0 spiro atoms. The first-order valence-corrected chi connectivity index (χ1v) is 5.78. The van der Waals surface area contributed by atoms with Crippen molar-refractivity contribution in [1.82, 2.24) is 0 Å². The van der Waals surface area contributed by atoms with Crippen molar-refractivity contribution in [2.75, 3.05) is 5.32 Å². The minimum atomic E-state index is -0.587. The third-order valence-corrected chi connectivity index (χ3v) is 2.78. The van der Waals surface area contributed by atoms with Crippen LogP contribution in [0.15, 0.2) is 30.3 Å². The van der Waals surface area contributed by atoms with E-state index in [1.165, 1.54) is 30.3 Å². The van der Waals surface area contributed by atoms with Crippen LogP contribution in [0.1, 0.15) is 5.56 Å². The van der Waals surface area contributed by atoms with Crippen molar-refractivity contribution in [2.24, 2.45) is 0 Å². The molecule has 0 bridgehead atoms. The van der Waals surface area contributed by atoms with Crippen LogP contribution in [0.4, 0.5) is 10.1 Å². The summed E-state index contributed by atoms with van der Waals surface area (Å²) in [7, 11) is 0. The Morgan fingerprint density at radius 3 is 2.47 bits per heavy atom. The zero-order chi connectivity index (χ0) is 14.0. The van der Waals surface area contributed by atoms with Gasteiger partial charge in [-0.05, 0) is 30.3 Å². The number of anilines is 1. The molecule has 0 atom stereocenters. The number of phenols is 3. The minimum Gasteiger partial charge on any atom is -0.504 e. The summed E-state index contributed by atoms with van der Waals surface area (Å²) < 4.78 is 13.1. The van der Waals surface area contributed by atoms with Crippen molar-refractivity contribution in [1.29, 1.82) is 0 Å². The van der Waals surface area contributed by atoms with Crippen molar-refractivity contribution in [2.45, 2.75) is 6.54 Å². The number of nitrogens with one attached hydrogen (secondary N) is 1. The van der Waals surface area contributed by atoms with E-state index < -0.39 is 23.1 Å². The SMILES string of the molecule is Oc1ccc(CNc2cc(F)cc(Cl)c2)c(O)c1O. The lowest BCUT2D eigenvalue weighted by atomic mass is 10.1. The number of halogens is 2. The van der Waals surface area contributed by atoms with Crippen LogP contribution in [-0.2, 0) is 6.54 Å². The molecular weight excluding hydrogens is 273 g/mol. The second-order valence-electron chi connectivity index (χ2n) is 3.95. The maximum atomic E-state index is 13.1. The Morgan fingerprint density at radius 2 is 1.79 bits per heavy atom. The van der Waals surface area contributed by atoms with Crippen LogP contribution in [0, 0.1) is 5.82 Å². The molecule has 0 amide bonds. The molecular formula is C13H11ClFNO3. The molecule has 2 rings (SSSR count). The van der Waals surface area contributed by atoms with Gasteiger partial charge < -0.3 is 20.6 Å². The Balaban J connectivity index is 2.17. The van der Waals surface area contributed by atoms with E-state index in [2.05, 4.69) is 5.32 Å². The average molecular weight is 284 g/mol. The first kappa shape index (κ1) is 13.3. The van der Waals surface area contributed by atoms with Crippen LogP contribution < -0.4 is 5.32 Å². The Bertz CT molecular complexity index is 599. The molecule has 4 N–H and O–H groups in total. The van der Waals surface area contributed by atoms with Crippen LogP contribution in [0.2, 0.25) is 5.02 Å². The Kier molecular flexibility index (Phi) is 3.66. The third-order valence-electron chi connectivity index (χ3n) is 2.56. The van der Waals surface area contributed by atoms with Crippen molar-refractivity contribution in [3.8, 4) is 17.2 Å². The van der Waals surface area contributed by atoms with Crippen LogP contribution in [-0.4, -0.2) is 15.3 Å². The van der Waals surface area contributed by atoms with E-state index in [0.717, 1.165) is 0 Å². The zero-order valence-corrected chi connectivity index (χ0v) is 10.4. The van der Waals surface area contributed by atoms with Gasteiger partial charge in [0, 0.05) is 22.8 Å². The number of aromatic hydroxyl groups is 3. The highest BCUT2D eigenvalue weighted by molar-refractivity contribution is 6.30. The molecule has 0 unspecified atom stereocenters. The zero-order valence-electron chi connectivity index (χ0n) is 9.69. The van der Waals surface area contributed by atoms with Crippen LogP contribution in [0.5, 0.6) is 17.2 Å². The Labute approximate surface area is 113 Å². The van der Waals surface area contributed by atoms with Gasteiger partial charge in [-0.1, -0.05) is 11.6 Å². The molecule has 0 aliphatic rings. The van der Waals surface area contributed by atoms with Gasteiger partial charge in [0.2, 0.25) is 5.75 Å². The van der Waals surface area contributed by atoms with E-state index in [4.69, 9.17) is 11.6 Å². The quantitative estimate of drug-likeness (QED) is 0.653. The fraction of sp³-hybridized carbons (Fsp3) is 0.0769. The molecule has 4 nitrogen and oxygen atoms in total. The molecule has 0 aliphatic carbocycles. The molecule has 0 saturated carbocycles. The van der Waals surface area contributed by atoms with Gasteiger partial charge in [-0.25, -0.2) is 4.39 Å². The topological polar surface area (TPSA) is 72.7 Å². The summed E-state index contributed by atoms with van der Waals surface area (Å²) in [5.74, 6) is -1.89. The van der Waals surface area contributed by atoms with Gasteiger partial charge >= 0.3 is 0 Å². The first-order chi connectivity index (χ1) is 8.97. The lowest BCUT2D eigenvalue weighted by Gasteiger charge is -2.10. The normalized spacial score (nSPS) is 10.4. The predicted octanol–water partition coefficient (Wildman–Crippen LogP) is 3.21. The summed E-state index contributed by atoms with van der Waals surface area (Å²) in [5, 5.41) is 31.3. The number of phenolic OH excluding ortho intramolecular Hbond substituents is 3. The summed E-state index contributed by atoms with van der Waals surface area (Å²) in [5.41, 5.74) is 0.799. The van der Waals surface area contributed by atoms with Gasteiger partial charge in [-0.2, -0.15) is 0 Å². The number of benzene rings is 2. The molecule has 2 aromatic carbocycles. The average Bonchev–Trinajstić information content (AvgIpc) is 2.34. The predicted molar refractivity (Wildman–Crippen MR) is 70.2 cm³/mol. The maximum Gasteiger partial charge on any atom is 0.200 e. The van der Waals surface area contributed by atoms with Crippen molar-refractivity contribution >= 4 is 17.3 Å². The molecule has 0 radical (unpaired) electrons. The fourth-order valence-corrected chi connectivity index (χ4v) is 1.83. The summed E-state index contributed by atoms with van der Waals surface area (Å²) in [6.45, 7) is 0.138. The van der Waals surface area contributed by atoms with Gasteiger partial charge in [0.25, 0.3) is 0 Å². The van der Waals surface area contributed by atoms with Crippen molar-refractivity contribution in [3.63, 3.8) is 0 Å². The van der Waals surface area contributed by atoms with Crippen LogP contribution >= 0.6 is 11.6 Å². The molecule has 0 saturated heterocycles. The van der Waals surface area contributed by atoms with E-state index in [0.29, 0.717) is 11.3 Å². The summed E-state index contributed by atoms with van der Waals surface area (Å²) in [4.78, 5) is 0. The molecule has 100 valence electrons. The molecule has 2 aromatic rings. The molecule has 6 heteroatoms. The molecule has 0 aliphatic heterocycles. The van der Waals surface area contributed by atoms with Gasteiger partial charge in [-0.3, -0.25) is 0 Å². The maximum absolute atomic E-state index is 13.1. The van der Waals surface area contributed by atoms with E-state index in [1.807, 2.05) is 0 Å². The second-order valence-corrected chi connectivity index (χ2v) is 4.39. The minimum absolute atomic E-state index is 0.138. The van der Waals surface area contributed by atoms with E-state index >= 15 is 0 Å². The lowest BCUT2D eigenvalue weighted by molar-refractivity contribution is 0.365. The highest BCUT2D eigenvalue weighted by atomic mass is 35.5. The van der Waals surface area contributed by atoms with Crippen molar-refractivity contribution < 1.29 is 19.7 Å². The second kappa shape index (κ2) is 5.24.